The largest absolute Gasteiger partial charge is 0.497 e. The van der Waals surface area contributed by atoms with Gasteiger partial charge in [0.2, 0.25) is 5.89 Å². The molecule has 4 rings (SSSR count). The second-order valence-electron chi connectivity index (χ2n) is 6.33. The minimum Gasteiger partial charge on any atom is -0.497 e. The molecule has 0 aliphatic carbocycles. The van der Waals surface area contributed by atoms with E-state index < -0.39 is 12.1 Å². The van der Waals surface area contributed by atoms with Crippen LogP contribution >= 0.6 is 0 Å². The average Bonchev–Trinajstić information content (AvgIpc) is 3.40. The number of hydrogen-bond donors (Lipinski definition) is 0. The van der Waals surface area contributed by atoms with E-state index in [1.54, 1.807) is 49.0 Å². The number of rotatable bonds is 6. The number of aryl methyl sites for hydroxylation is 1. The zero-order valence-electron chi connectivity index (χ0n) is 16.2. The number of esters is 1. The van der Waals surface area contributed by atoms with Gasteiger partial charge in [0.25, 0.3) is 5.89 Å². The average molecular weight is 393 g/mol. The molecule has 9 nitrogen and oxygen atoms in total. The molecule has 2 aromatic heterocycles. The van der Waals surface area contributed by atoms with Crippen molar-refractivity contribution in [3.05, 3.63) is 53.9 Å². The Morgan fingerprint density at radius 2 is 1.93 bits per heavy atom. The second kappa shape index (κ2) is 7.70. The first kappa shape index (κ1) is 18.6. The minimum absolute atomic E-state index is 0.210. The first-order valence-electron chi connectivity index (χ1n) is 9.11. The lowest BCUT2D eigenvalue weighted by atomic mass is 10.2. The predicted molar refractivity (Wildman–Crippen MR) is 103 cm³/mol. The zero-order chi connectivity index (χ0) is 20.4. The van der Waals surface area contributed by atoms with Crippen LogP contribution in [0, 0.1) is 0 Å². The van der Waals surface area contributed by atoms with Crippen molar-refractivity contribution in [2.45, 2.75) is 26.5 Å². The minimum atomic E-state index is -0.705. The van der Waals surface area contributed by atoms with Crippen LogP contribution in [0.25, 0.3) is 22.5 Å². The van der Waals surface area contributed by atoms with Gasteiger partial charge in [0.05, 0.1) is 18.2 Å². The maximum absolute atomic E-state index is 12.5. The summed E-state index contributed by atoms with van der Waals surface area (Å²) >= 11 is 0. The number of hydrogen-bond acceptors (Lipinski definition) is 8. The molecule has 0 saturated heterocycles. The van der Waals surface area contributed by atoms with E-state index in [0.29, 0.717) is 23.5 Å². The van der Waals surface area contributed by atoms with Crippen molar-refractivity contribution in [2.75, 3.05) is 7.11 Å². The Kier molecular flexibility index (Phi) is 4.94. The highest BCUT2D eigenvalue weighted by Crippen LogP contribution is 2.25. The lowest BCUT2D eigenvalue weighted by Crippen LogP contribution is -2.09. The Morgan fingerprint density at radius 3 is 2.66 bits per heavy atom. The third-order valence-electron chi connectivity index (χ3n) is 4.46. The molecule has 29 heavy (non-hydrogen) atoms. The van der Waals surface area contributed by atoms with Crippen molar-refractivity contribution >= 4 is 17.0 Å². The first-order chi connectivity index (χ1) is 14.1. The van der Waals surface area contributed by atoms with Crippen LogP contribution < -0.4 is 4.74 Å². The van der Waals surface area contributed by atoms with Gasteiger partial charge in [-0.15, -0.1) is 15.3 Å². The molecule has 0 N–H and O–H groups in total. The Bertz CT molecular complexity index is 1150. The number of fused-ring (bicyclic) bond motifs is 1. The Labute approximate surface area is 166 Å². The van der Waals surface area contributed by atoms with Crippen molar-refractivity contribution < 1.29 is 18.7 Å². The quantitative estimate of drug-likeness (QED) is 0.459. The van der Waals surface area contributed by atoms with Crippen LogP contribution in [0.5, 0.6) is 5.75 Å². The SMILES string of the molecule is CCn1nnc2cc(C(=O)OC(C)c3nnc(-c4ccc(OC)cc4)o3)ccc21. The van der Waals surface area contributed by atoms with Gasteiger partial charge in [-0.2, -0.15) is 0 Å². The monoisotopic (exact) mass is 393 g/mol. The molecule has 0 amide bonds. The Balaban J connectivity index is 1.48. The van der Waals surface area contributed by atoms with Gasteiger partial charge in [0.1, 0.15) is 11.3 Å². The lowest BCUT2D eigenvalue weighted by Gasteiger charge is -2.09. The van der Waals surface area contributed by atoms with Gasteiger partial charge in [-0.1, -0.05) is 5.21 Å². The van der Waals surface area contributed by atoms with Crippen LogP contribution in [0.3, 0.4) is 0 Å². The summed E-state index contributed by atoms with van der Waals surface area (Å²) in [6.07, 6.45) is -0.705. The van der Waals surface area contributed by atoms with Crippen molar-refractivity contribution in [3.8, 4) is 17.2 Å². The molecule has 2 aromatic carbocycles. The number of carbonyl (C=O) groups is 1. The van der Waals surface area contributed by atoms with Gasteiger partial charge < -0.3 is 13.9 Å². The predicted octanol–water partition coefficient (Wildman–Crippen LogP) is 3.43. The second-order valence-corrected chi connectivity index (χ2v) is 6.33. The number of nitrogens with zero attached hydrogens (tertiary/aromatic N) is 5. The molecule has 0 bridgehead atoms. The standard InChI is InChI=1S/C20H19N5O4/c1-4-25-17-10-7-14(11-16(17)21-24-25)20(26)28-12(2)18-22-23-19(29-18)13-5-8-15(27-3)9-6-13/h5-12H,4H2,1-3H3. The highest BCUT2D eigenvalue weighted by Gasteiger charge is 2.20. The van der Waals surface area contributed by atoms with Crippen LogP contribution in [0.1, 0.15) is 36.2 Å². The number of methoxy groups -OCH3 is 1. The van der Waals surface area contributed by atoms with E-state index in [9.17, 15) is 4.79 Å². The summed E-state index contributed by atoms with van der Waals surface area (Å²) in [5.41, 5.74) is 2.61. The van der Waals surface area contributed by atoms with Gasteiger partial charge in [-0.05, 0) is 56.3 Å². The Hall–Kier alpha value is -3.75. The molecule has 0 radical (unpaired) electrons. The van der Waals surface area contributed by atoms with Crippen molar-refractivity contribution in [2.24, 2.45) is 0 Å². The van der Waals surface area contributed by atoms with Crippen LogP contribution in [-0.4, -0.2) is 38.3 Å². The van der Waals surface area contributed by atoms with Crippen LogP contribution in [0.15, 0.2) is 46.9 Å². The normalized spacial score (nSPS) is 12.1. The van der Waals surface area contributed by atoms with E-state index in [-0.39, 0.29) is 5.89 Å². The smallest absolute Gasteiger partial charge is 0.338 e. The third-order valence-corrected chi connectivity index (χ3v) is 4.46. The van der Waals surface area contributed by atoms with E-state index in [2.05, 4.69) is 20.5 Å². The number of aromatic nitrogens is 5. The van der Waals surface area contributed by atoms with Gasteiger partial charge >= 0.3 is 5.97 Å². The van der Waals surface area contributed by atoms with E-state index in [1.807, 2.05) is 19.1 Å². The molecular formula is C20H19N5O4. The molecular weight excluding hydrogens is 374 g/mol. The molecule has 4 aromatic rings. The molecule has 1 atom stereocenters. The highest BCUT2D eigenvalue weighted by atomic mass is 16.6. The van der Waals surface area contributed by atoms with Crippen molar-refractivity contribution in [1.82, 2.24) is 25.2 Å². The fourth-order valence-corrected chi connectivity index (χ4v) is 2.86. The fourth-order valence-electron chi connectivity index (χ4n) is 2.86. The number of ether oxygens (including phenoxy) is 2. The van der Waals surface area contributed by atoms with E-state index >= 15 is 0 Å². The number of carbonyl (C=O) groups excluding carboxylic acids is 1. The summed E-state index contributed by atoms with van der Waals surface area (Å²) in [6.45, 7) is 4.35. The summed E-state index contributed by atoms with van der Waals surface area (Å²) in [4.78, 5) is 12.5. The Morgan fingerprint density at radius 1 is 1.14 bits per heavy atom. The van der Waals surface area contributed by atoms with Gasteiger partial charge in [0, 0.05) is 12.1 Å². The van der Waals surface area contributed by atoms with E-state index in [4.69, 9.17) is 13.9 Å². The molecule has 148 valence electrons. The zero-order valence-corrected chi connectivity index (χ0v) is 16.2. The molecule has 0 aliphatic rings. The summed E-state index contributed by atoms with van der Waals surface area (Å²) in [5, 5.41) is 16.1. The summed E-state index contributed by atoms with van der Waals surface area (Å²) in [7, 11) is 1.60. The molecule has 9 heteroatoms. The maximum atomic E-state index is 12.5. The van der Waals surface area contributed by atoms with Gasteiger partial charge in [-0.3, -0.25) is 0 Å². The van der Waals surface area contributed by atoms with E-state index in [0.717, 1.165) is 16.8 Å². The van der Waals surface area contributed by atoms with Gasteiger partial charge in [0.15, 0.2) is 6.10 Å². The summed E-state index contributed by atoms with van der Waals surface area (Å²) in [5.74, 6) is 0.770. The van der Waals surface area contributed by atoms with Crippen LogP contribution in [0.4, 0.5) is 0 Å². The third kappa shape index (κ3) is 3.66. The van der Waals surface area contributed by atoms with Crippen molar-refractivity contribution in [1.29, 1.82) is 0 Å². The highest BCUT2D eigenvalue weighted by molar-refractivity contribution is 5.93. The van der Waals surface area contributed by atoms with Crippen LogP contribution in [0.2, 0.25) is 0 Å². The molecule has 2 heterocycles. The van der Waals surface area contributed by atoms with Gasteiger partial charge in [-0.25, -0.2) is 9.48 Å². The number of benzene rings is 2. The maximum Gasteiger partial charge on any atom is 0.338 e. The molecule has 0 aliphatic heterocycles. The summed E-state index contributed by atoms with van der Waals surface area (Å²) in [6, 6.07) is 12.4. The lowest BCUT2D eigenvalue weighted by molar-refractivity contribution is 0.0280. The van der Waals surface area contributed by atoms with Crippen LogP contribution in [-0.2, 0) is 11.3 Å². The molecule has 0 spiro atoms. The van der Waals surface area contributed by atoms with Crippen molar-refractivity contribution in [3.63, 3.8) is 0 Å². The molecule has 0 fully saturated rings. The fraction of sp³-hybridized carbons (Fsp3) is 0.250. The summed E-state index contributed by atoms with van der Waals surface area (Å²) < 4.78 is 18.0. The van der Waals surface area contributed by atoms with E-state index in [1.165, 1.54) is 0 Å². The first-order valence-corrected chi connectivity index (χ1v) is 9.11. The topological polar surface area (TPSA) is 105 Å². The molecule has 1 unspecified atom stereocenters. The molecule has 0 saturated carbocycles.